The van der Waals surface area contributed by atoms with Crippen molar-refractivity contribution in [1.82, 2.24) is 14.1 Å². The van der Waals surface area contributed by atoms with Crippen molar-refractivity contribution in [3.63, 3.8) is 0 Å². The van der Waals surface area contributed by atoms with Gasteiger partial charge in [-0.2, -0.15) is 4.37 Å². The highest BCUT2D eigenvalue weighted by Gasteiger charge is 2.44. The third-order valence-corrected chi connectivity index (χ3v) is 7.54. The van der Waals surface area contributed by atoms with Crippen molar-refractivity contribution >= 4 is 23.5 Å². The molecule has 2 aliphatic carbocycles. The van der Waals surface area contributed by atoms with Crippen LogP contribution in [0.3, 0.4) is 0 Å². The Bertz CT molecular complexity index is 698. The van der Waals surface area contributed by atoms with Gasteiger partial charge in [-0.05, 0) is 43.1 Å². The number of aromatic nitrogens is 2. The summed E-state index contributed by atoms with van der Waals surface area (Å²) in [5.74, 6) is 3.92. The maximum Gasteiger partial charge on any atom is 0.260 e. The Hall–Kier alpha value is -1.11. The normalized spacial score (nSPS) is 29.0. The summed E-state index contributed by atoms with van der Waals surface area (Å²) in [6.45, 7) is 1.09. The average Bonchev–Trinajstić information content (AvgIpc) is 3.13. The third kappa shape index (κ3) is 3.32. The molecule has 2 heterocycles. The van der Waals surface area contributed by atoms with E-state index in [0.717, 1.165) is 29.1 Å². The minimum absolute atomic E-state index is 0.289. The maximum atomic E-state index is 6.30. The van der Waals surface area contributed by atoms with Crippen LogP contribution < -0.4 is 10.1 Å². The van der Waals surface area contributed by atoms with Crippen LogP contribution >= 0.6 is 23.5 Å². The Morgan fingerprint density at radius 1 is 1.16 bits per heavy atom. The van der Waals surface area contributed by atoms with Gasteiger partial charge in [0.2, 0.25) is 0 Å². The molecule has 1 aliphatic heterocycles. The molecule has 3 fully saturated rings. The van der Waals surface area contributed by atoms with Gasteiger partial charge in [-0.25, -0.2) is 0 Å². The second kappa shape index (κ2) is 6.89. The summed E-state index contributed by atoms with van der Waals surface area (Å²) in [5.41, 5.74) is 1.46. The van der Waals surface area contributed by atoms with Crippen LogP contribution in [0.25, 0.3) is 0 Å². The number of thioether (sulfide) groups is 1. The molecule has 0 amide bonds. The summed E-state index contributed by atoms with van der Waals surface area (Å²) in [4.78, 5) is 0. The van der Waals surface area contributed by atoms with Crippen LogP contribution in [0, 0.1) is 11.8 Å². The summed E-state index contributed by atoms with van der Waals surface area (Å²) in [6, 6.07) is 11.4. The largest absolute Gasteiger partial charge is 0.470 e. The van der Waals surface area contributed by atoms with Gasteiger partial charge in [0.05, 0.1) is 11.7 Å². The highest BCUT2D eigenvalue weighted by molar-refractivity contribution is 7.99. The first kappa shape index (κ1) is 16.1. The summed E-state index contributed by atoms with van der Waals surface area (Å²) in [6.07, 6.45) is 5.51. The lowest BCUT2D eigenvalue weighted by Gasteiger charge is -2.18. The van der Waals surface area contributed by atoms with E-state index in [1.54, 1.807) is 0 Å². The summed E-state index contributed by atoms with van der Waals surface area (Å²) >= 11 is 3.10. The maximum absolute atomic E-state index is 6.30. The Morgan fingerprint density at radius 3 is 2.72 bits per heavy atom. The van der Waals surface area contributed by atoms with Gasteiger partial charge >= 0.3 is 0 Å². The van der Waals surface area contributed by atoms with Gasteiger partial charge in [-0.15, -0.1) is 4.37 Å². The van der Waals surface area contributed by atoms with Crippen LogP contribution in [-0.2, 0) is 0 Å². The number of rotatable bonds is 7. The van der Waals surface area contributed by atoms with E-state index in [-0.39, 0.29) is 6.10 Å². The number of nitrogens with one attached hydrogen (secondary N) is 1. The number of benzene rings is 1. The molecular formula is C19H23N3OS2. The van der Waals surface area contributed by atoms with E-state index >= 15 is 0 Å². The fraction of sp³-hybridized carbons (Fsp3) is 0.579. The molecule has 2 saturated carbocycles. The number of hydrogen-bond acceptors (Lipinski definition) is 6. The van der Waals surface area contributed by atoms with Crippen LogP contribution in [-0.4, -0.2) is 33.2 Å². The standard InChI is InChI=1S/C19H23N3OS2/c1-2-4-12(5-3-1)15(13-6-7-13)11-24-19-18(21-25-22-19)23-17-14-8-9-16(17)20-10-14/h1-5,13-17,20H,6-11H2. The first-order valence-corrected chi connectivity index (χ1v) is 11.0. The minimum atomic E-state index is 0.289. The quantitative estimate of drug-likeness (QED) is 0.745. The Balaban J connectivity index is 1.26. The molecule has 1 aromatic carbocycles. The zero-order chi connectivity index (χ0) is 16.6. The zero-order valence-corrected chi connectivity index (χ0v) is 15.8. The Kier molecular flexibility index (Phi) is 4.44. The summed E-state index contributed by atoms with van der Waals surface area (Å²) in [7, 11) is 0. The Morgan fingerprint density at radius 2 is 2.04 bits per heavy atom. The molecule has 4 nitrogen and oxygen atoms in total. The van der Waals surface area contributed by atoms with Gasteiger partial charge in [0.1, 0.15) is 6.10 Å². The second-order valence-electron chi connectivity index (χ2n) is 7.47. The third-order valence-electron chi connectivity index (χ3n) is 5.85. The van der Waals surface area contributed by atoms with Gasteiger partial charge in [0, 0.05) is 24.3 Å². The lowest BCUT2D eigenvalue weighted by atomic mass is 9.96. The molecule has 2 bridgehead atoms. The van der Waals surface area contributed by atoms with Crippen LogP contribution in [0.15, 0.2) is 35.4 Å². The molecule has 2 aromatic rings. The molecule has 1 saturated heterocycles. The Labute approximate surface area is 157 Å². The van der Waals surface area contributed by atoms with Crippen LogP contribution in [0.5, 0.6) is 5.88 Å². The van der Waals surface area contributed by atoms with E-state index in [9.17, 15) is 0 Å². The van der Waals surface area contributed by atoms with E-state index in [2.05, 4.69) is 44.4 Å². The van der Waals surface area contributed by atoms with Crippen molar-refractivity contribution in [3.8, 4) is 5.88 Å². The lowest BCUT2D eigenvalue weighted by Crippen LogP contribution is -2.31. The number of hydrogen-bond donors (Lipinski definition) is 1. The monoisotopic (exact) mass is 373 g/mol. The van der Waals surface area contributed by atoms with Gasteiger partial charge in [0.15, 0.2) is 5.03 Å². The number of piperidine rings is 1. The van der Waals surface area contributed by atoms with E-state index in [1.807, 2.05) is 11.8 Å². The fourth-order valence-corrected chi connectivity index (χ4v) is 6.09. The molecular weight excluding hydrogens is 350 g/mol. The number of nitrogens with zero attached hydrogens (tertiary/aromatic N) is 2. The van der Waals surface area contributed by atoms with Gasteiger partial charge in [0.25, 0.3) is 5.88 Å². The molecule has 0 spiro atoms. The van der Waals surface area contributed by atoms with Gasteiger partial charge in [-0.3, -0.25) is 0 Å². The zero-order valence-electron chi connectivity index (χ0n) is 14.1. The van der Waals surface area contributed by atoms with Crippen molar-refractivity contribution in [3.05, 3.63) is 35.9 Å². The van der Waals surface area contributed by atoms with Crippen LogP contribution in [0.1, 0.15) is 37.2 Å². The topological polar surface area (TPSA) is 47.0 Å². The van der Waals surface area contributed by atoms with Crippen molar-refractivity contribution in [1.29, 1.82) is 0 Å². The summed E-state index contributed by atoms with van der Waals surface area (Å²) in [5, 5.41) is 4.54. The molecule has 4 unspecified atom stereocenters. The van der Waals surface area contributed by atoms with Crippen molar-refractivity contribution in [2.45, 2.75) is 48.8 Å². The first-order chi connectivity index (χ1) is 12.4. The second-order valence-corrected chi connectivity index (χ2v) is 9.01. The molecule has 132 valence electrons. The molecule has 6 heteroatoms. The molecule has 25 heavy (non-hydrogen) atoms. The van der Waals surface area contributed by atoms with Gasteiger partial charge in [-0.1, -0.05) is 42.1 Å². The predicted octanol–water partition coefficient (Wildman–Crippen LogP) is 3.95. The van der Waals surface area contributed by atoms with E-state index < -0.39 is 0 Å². The highest BCUT2D eigenvalue weighted by atomic mass is 32.2. The highest BCUT2D eigenvalue weighted by Crippen LogP contribution is 2.46. The number of fused-ring (bicyclic) bond motifs is 2. The molecule has 1 aromatic heterocycles. The first-order valence-electron chi connectivity index (χ1n) is 9.29. The smallest absolute Gasteiger partial charge is 0.260 e. The van der Waals surface area contributed by atoms with Crippen molar-refractivity contribution in [2.75, 3.05) is 12.3 Å². The van der Waals surface area contributed by atoms with Gasteiger partial charge < -0.3 is 10.1 Å². The van der Waals surface area contributed by atoms with Crippen molar-refractivity contribution in [2.24, 2.45) is 11.8 Å². The van der Waals surface area contributed by atoms with Crippen molar-refractivity contribution < 1.29 is 4.74 Å². The molecule has 1 N–H and O–H groups in total. The molecule has 5 rings (SSSR count). The average molecular weight is 374 g/mol. The predicted molar refractivity (Wildman–Crippen MR) is 101 cm³/mol. The van der Waals surface area contributed by atoms with Crippen LogP contribution in [0.2, 0.25) is 0 Å². The molecule has 3 aliphatic rings. The number of ether oxygens (including phenoxy) is 1. The fourth-order valence-electron chi connectivity index (χ4n) is 4.30. The molecule has 4 atom stereocenters. The summed E-state index contributed by atoms with van der Waals surface area (Å²) < 4.78 is 15.3. The lowest BCUT2D eigenvalue weighted by molar-refractivity contribution is 0.166. The molecule has 0 radical (unpaired) electrons. The van der Waals surface area contributed by atoms with Crippen LogP contribution in [0.4, 0.5) is 0 Å². The minimum Gasteiger partial charge on any atom is -0.470 e. The van der Waals surface area contributed by atoms with E-state index in [0.29, 0.717) is 17.9 Å². The van der Waals surface area contributed by atoms with E-state index in [4.69, 9.17) is 4.74 Å². The van der Waals surface area contributed by atoms with E-state index in [1.165, 1.54) is 43.0 Å². The SMILES string of the molecule is c1ccc(C(CSc2nsnc2OC2C3CCC2NC3)C2CC2)cc1.